The van der Waals surface area contributed by atoms with Crippen molar-refractivity contribution in [1.29, 1.82) is 0 Å². The molecule has 1 rings (SSSR count). The Balaban J connectivity index is 2.92. The predicted molar refractivity (Wildman–Crippen MR) is 66.0 cm³/mol. The Morgan fingerprint density at radius 2 is 2.25 bits per heavy atom. The molecule has 0 unspecified atom stereocenters. The van der Waals surface area contributed by atoms with E-state index < -0.39 is 0 Å². The van der Waals surface area contributed by atoms with Crippen molar-refractivity contribution in [2.45, 2.75) is 13.5 Å². The summed E-state index contributed by atoms with van der Waals surface area (Å²) in [4.78, 5) is 2.14. The highest BCUT2D eigenvalue weighted by atomic mass is 35.5. The van der Waals surface area contributed by atoms with E-state index in [1.807, 2.05) is 13.1 Å². The van der Waals surface area contributed by atoms with Crippen LogP contribution < -0.4 is 5.73 Å². The van der Waals surface area contributed by atoms with Gasteiger partial charge in [0, 0.05) is 17.1 Å². The zero-order chi connectivity index (χ0) is 12.1. The minimum absolute atomic E-state index is 0.0669. The van der Waals surface area contributed by atoms with Crippen LogP contribution in [0, 0.1) is 0 Å². The summed E-state index contributed by atoms with van der Waals surface area (Å²) in [6.45, 7) is 3.82. The van der Waals surface area contributed by atoms with Gasteiger partial charge in [0.15, 0.2) is 5.84 Å². The molecule has 88 valence electrons. The van der Waals surface area contributed by atoms with Crippen LogP contribution in [-0.2, 0) is 6.54 Å². The number of hydrogen-bond donors (Lipinski definition) is 2. The molecule has 0 aliphatic heterocycles. The molecule has 0 aromatic heterocycles. The van der Waals surface area contributed by atoms with Crippen molar-refractivity contribution in [1.82, 2.24) is 4.90 Å². The van der Waals surface area contributed by atoms with Gasteiger partial charge in [0.05, 0.1) is 0 Å². The maximum absolute atomic E-state index is 8.54. The molecule has 0 fully saturated rings. The Labute approximate surface area is 100 Å². The molecule has 0 aliphatic rings. The number of hydrogen-bond acceptors (Lipinski definition) is 3. The van der Waals surface area contributed by atoms with Crippen molar-refractivity contribution in [3.8, 4) is 0 Å². The summed E-state index contributed by atoms with van der Waals surface area (Å²) in [5.74, 6) is 0.0669. The maximum atomic E-state index is 8.54. The van der Waals surface area contributed by atoms with Gasteiger partial charge in [-0.25, -0.2) is 0 Å². The lowest BCUT2D eigenvalue weighted by Gasteiger charge is -2.15. The topological polar surface area (TPSA) is 61.8 Å². The van der Waals surface area contributed by atoms with E-state index in [1.165, 1.54) is 0 Å². The van der Waals surface area contributed by atoms with Crippen LogP contribution in [-0.4, -0.2) is 29.5 Å². The predicted octanol–water partition coefficient (Wildman–Crippen LogP) is 1.89. The summed E-state index contributed by atoms with van der Waals surface area (Å²) >= 11 is 6.11. The third-order valence-corrected chi connectivity index (χ3v) is 2.79. The SMILES string of the molecule is CCN(C)Cc1ccc(/C(N)=N/O)cc1Cl. The van der Waals surface area contributed by atoms with Crippen molar-refractivity contribution in [2.24, 2.45) is 10.9 Å². The van der Waals surface area contributed by atoms with Gasteiger partial charge in [-0.1, -0.05) is 35.8 Å². The van der Waals surface area contributed by atoms with Crippen molar-refractivity contribution in [3.63, 3.8) is 0 Å². The average molecular weight is 242 g/mol. The molecule has 1 aromatic carbocycles. The van der Waals surface area contributed by atoms with Crippen molar-refractivity contribution in [2.75, 3.05) is 13.6 Å². The Kier molecular flexibility index (Phi) is 4.58. The van der Waals surface area contributed by atoms with E-state index >= 15 is 0 Å². The Morgan fingerprint density at radius 1 is 1.56 bits per heavy atom. The van der Waals surface area contributed by atoms with Crippen LogP contribution in [0.3, 0.4) is 0 Å². The van der Waals surface area contributed by atoms with Gasteiger partial charge >= 0.3 is 0 Å². The highest BCUT2D eigenvalue weighted by molar-refractivity contribution is 6.31. The van der Waals surface area contributed by atoms with Gasteiger partial charge < -0.3 is 15.8 Å². The van der Waals surface area contributed by atoms with Gasteiger partial charge in [0.2, 0.25) is 0 Å². The average Bonchev–Trinajstić information content (AvgIpc) is 2.30. The van der Waals surface area contributed by atoms with Crippen LogP contribution in [0.4, 0.5) is 0 Å². The number of amidine groups is 1. The van der Waals surface area contributed by atoms with E-state index in [1.54, 1.807) is 12.1 Å². The van der Waals surface area contributed by atoms with Crippen molar-refractivity contribution < 1.29 is 5.21 Å². The quantitative estimate of drug-likeness (QED) is 0.366. The molecule has 0 aliphatic carbocycles. The summed E-state index contributed by atoms with van der Waals surface area (Å²) in [6, 6.07) is 5.39. The first-order valence-electron chi connectivity index (χ1n) is 5.03. The molecule has 0 heterocycles. The van der Waals surface area contributed by atoms with E-state index in [2.05, 4.69) is 17.0 Å². The van der Waals surface area contributed by atoms with Crippen LogP contribution in [0.5, 0.6) is 0 Å². The van der Waals surface area contributed by atoms with Crippen molar-refractivity contribution in [3.05, 3.63) is 34.3 Å². The molecule has 3 N–H and O–H groups in total. The normalized spacial score (nSPS) is 12.1. The summed E-state index contributed by atoms with van der Waals surface area (Å²) in [7, 11) is 2.02. The smallest absolute Gasteiger partial charge is 0.170 e. The molecular formula is C11H16ClN3O. The fourth-order valence-electron chi connectivity index (χ4n) is 1.30. The largest absolute Gasteiger partial charge is 0.409 e. The summed E-state index contributed by atoms with van der Waals surface area (Å²) < 4.78 is 0. The Morgan fingerprint density at radius 3 is 2.75 bits per heavy atom. The van der Waals surface area contributed by atoms with Crippen LogP contribution in [0.2, 0.25) is 5.02 Å². The van der Waals surface area contributed by atoms with Gasteiger partial charge in [-0.05, 0) is 25.2 Å². The zero-order valence-corrected chi connectivity index (χ0v) is 10.2. The van der Waals surface area contributed by atoms with E-state index in [0.29, 0.717) is 10.6 Å². The molecule has 0 spiro atoms. The molecule has 0 saturated carbocycles. The molecule has 5 heteroatoms. The lowest BCUT2D eigenvalue weighted by molar-refractivity contribution is 0.318. The number of benzene rings is 1. The number of halogens is 1. The third kappa shape index (κ3) is 3.12. The molecule has 16 heavy (non-hydrogen) atoms. The second kappa shape index (κ2) is 5.72. The second-order valence-corrected chi connectivity index (χ2v) is 4.03. The van der Waals surface area contributed by atoms with E-state index in [-0.39, 0.29) is 5.84 Å². The van der Waals surface area contributed by atoms with E-state index in [4.69, 9.17) is 22.5 Å². The summed E-state index contributed by atoms with van der Waals surface area (Å²) in [5, 5.41) is 12.1. The molecule has 0 amide bonds. The van der Waals surface area contributed by atoms with Gasteiger partial charge in [-0.3, -0.25) is 0 Å². The molecule has 0 saturated heterocycles. The van der Waals surface area contributed by atoms with Gasteiger partial charge in [-0.15, -0.1) is 0 Å². The number of rotatable bonds is 4. The fraction of sp³-hybridized carbons (Fsp3) is 0.364. The maximum Gasteiger partial charge on any atom is 0.170 e. The monoisotopic (exact) mass is 241 g/mol. The number of oxime groups is 1. The van der Waals surface area contributed by atoms with Crippen LogP contribution in [0.15, 0.2) is 23.4 Å². The number of nitrogens with zero attached hydrogens (tertiary/aromatic N) is 2. The first-order valence-corrected chi connectivity index (χ1v) is 5.41. The minimum Gasteiger partial charge on any atom is -0.409 e. The second-order valence-electron chi connectivity index (χ2n) is 3.62. The molecule has 0 atom stereocenters. The van der Waals surface area contributed by atoms with Crippen LogP contribution in [0.25, 0.3) is 0 Å². The minimum atomic E-state index is 0.0669. The van der Waals surface area contributed by atoms with Crippen LogP contribution >= 0.6 is 11.6 Å². The van der Waals surface area contributed by atoms with Crippen LogP contribution in [0.1, 0.15) is 18.1 Å². The highest BCUT2D eigenvalue weighted by Crippen LogP contribution is 2.19. The number of nitrogens with two attached hydrogens (primary N) is 1. The first kappa shape index (κ1) is 12.8. The highest BCUT2D eigenvalue weighted by Gasteiger charge is 2.06. The summed E-state index contributed by atoms with van der Waals surface area (Å²) in [6.07, 6.45) is 0. The summed E-state index contributed by atoms with van der Waals surface area (Å²) in [5.41, 5.74) is 7.12. The van der Waals surface area contributed by atoms with E-state index in [0.717, 1.165) is 18.7 Å². The fourth-order valence-corrected chi connectivity index (χ4v) is 1.54. The van der Waals surface area contributed by atoms with Gasteiger partial charge in [0.25, 0.3) is 0 Å². The zero-order valence-electron chi connectivity index (χ0n) is 9.44. The molecule has 0 bridgehead atoms. The Hall–Kier alpha value is -1.26. The molecule has 0 radical (unpaired) electrons. The standard InChI is InChI=1S/C11H16ClN3O/c1-3-15(2)7-9-5-4-8(6-10(9)12)11(13)14-16/h4-6,16H,3,7H2,1-2H3,(H2,13,14). The Bertz CT molecular complexity index is 393. The van der Waals surface area contributed by atoms with E-state index in [9.17, 15) is 0 Å². The molecular weight excluding hydrogens is 226 g/mol. The first-order chi connectivity index (χ1) is 7.58. The van der Waals surface area contributed by atoms with Crippen molar-refractivity contribution >= 4 is 17.4 Å². The lowest BCUT2D eigenvalue weighted by atomic mass is 10.1. The lowest BCUT2D eigenvalue weighted by Crippen LogP contribution is -2.17. The van der Waals surface area contributed by atoms with Gasteiger partial charge in [0.1, 0.15) is 0 Å². The third-order valence-electron chi connectivity index (χ3n) is 2.44. The van der Waals surface area contributed by atoms with Gasteiger partial charge in [-0.2, -0.15) is 0 Å². The molecule has 1 aromatic rings. The molecule has 4 nitrogen and oxygen atoms in total.